The number of carbonyl (C=O) groups is 1. The van der Waals surface area contributed by atoms with Crippen molar-refractivity contribution in [3.8, 4) is 5.75 Å². The molecule has 0 unspecified atom stereocenters. The molecular weight excluding hydrogens is 579 g/mol. The Morgan fingerprint density at radius 1 is 1.00 bits per heavy atom. The minimum absolute atomic E-state index is 0.0282. The van der Waals surface area contributed by atoms with Crippen LogP contribution in [-0.2, 0) is 10.0 Å². The van der Waals surface area contributed by atoms with Crippen molar-refractivity contribution in [2.24, 2.45) is 0 Å². The zero-order valence-electron chi connectivity index (χ0n) is 21.6. The van der Waals surface area contributed by atoms with Gasteiger partial charge in [-0.2, -0.15) is 0 Å². The van der Waals surface area contributed by atoms with Crippen molar-refractivity contribution in [2.75, 3.05) is 42.9 Å². The summed E-state index contributed by atoms with van der Waals surface area (Å²) >= 11 is 13.7. The van der Waals surface area contributed by atoms with Gasteiger partial charge in [-0.15, -0.1) is 0 Å². The normalized spacial score (nSPS) is 11.6. The molecule has 0 aliphatic rings. The van der Waals surface area contributed by atoms with Gasteiger partial charge >= 0.3 is 0 Å². The van der Waals surface area contributed by atoms with Crippen molar-refractivity contribution in [1.82, 2.24) is 9.88 Å². The maximum absolute atomic E-state index is 14.1. The van der Waals surface area contributed by atoms with Gasteiger partial charge in [-0.3, -0.25) is 14.4 Å². The van der Waals surface area contributed by atoms with Crippen LogP contribution in [0.25, 0.3) is 10.2 Å². The van der Waals surface area contributed by atoms with Gasteiger partial charge in [0, 0.05) is 18.1 Å². The quantitative estimate of drug-likeness (QED) is 0.212. The molecule has 1 amide bonds. The number of para-hydroxylation sites is 1. The molecule has 0 saturated carbocycles. The fourth-order valence-electron chi connectivity index (χ4n) is 4.01. The Hall–Kier alpha value is -2.89. The smallest absolute Gasteiger partial charge is 0.262 e. The van der Waals surface area contributed by atoms with Crippen LogP contribution in [0.5, 0.6) is 5.75 Å². The zero-order valence-corrected chi connectivity index (χ0v) is 24.8. The van der Waals surface area contributed by atoms with Crippen LogP contribution in [0.3, 0.4) is 0 Å². The molecule has 0 aliphatic heterocycles. The Morgan fingerprint density at radius 3 is 2.36 bits per heavy atom. The summed E-state index contributed by atoms with van der Waals surface area (Å²) in [7, 11) is -2.43. The van der Waals surface area contributed by atoms with Crippen molar-refractivity contribution < 1.29 is 17.9 Å². The maximum atomic E-state index is 14.1. The lowest BCUT2D eigenvalue weighted by Crippen LogP contribution is -2.39. The summed E-state index contributed by atoms with van der Waals surface area (Å²) in [6.07, 6.45) is 0. The van der Waals surface area contributed by atoms with Crippen LogP contribution in [0.1, 0.15) is 24.2 Å². The van der Waals surface area contributed by atoms with E-state index in [-0.39, 0.29) is 16.1 Å². The van der Waals surface area contributed by atoms with Crippen molar-refractivity contribution in [3.63, 3.8) is 0 Å². The van der Waals surface area contributed by atoms with E-state index in [1.54, 1.807) is 48.4 Å². The average molecular weight is 608 g/mol. The van der Waals surface area contributed by atoms with Crippen molar-refractivity contribution in [3.05, 3.63) is 76.3 Å². The van der Waals surface area contributed by atoms with Crippen LogP contribution in [0.15, 0.2) is 65.6 Å². The van der Waals surface area contributed by atoms with Crippen LogP contribution in [0.2, 0.25) is 10.0 Å². The number of methoxy groups -OCH3 is 1. The predicted molar refractivity (Wildman–Crippen MR) is 159 cm³/mol. The van der Waals surface area contributed by atoms with Crippen molar-refractivity contribution in [2.45, 2.75) is 18.7 Å². The Labute approximate surface area is 242 Å². The lowest BCUT2D eigenvalue weighted by molar-refractivity contribution is 0.0984. The second kappa shape index (κ2) is 12.5. The van der Waals surface area contributed by atoms with E-state index in [0.29, 0.717) is 44.2 Å². The van der Waals surface area contributed by atoms with Crippen LogP contribution < -0.4 is 14.4 Å². The molecule has 4 rings (SSSR count). The fraction of sp³-hybridized carbons (Fsp3) is 0.259. The topological polar surface area (TPSA) is 91.8 Å². The Balaban J connectivity index is 1.75. The molecule has 0 bridgehead atoms. The first-order valence-electron chi connectivity index (χ1n) is 12.2. The largest absolute Gasteiger partial charge is 0.494 e. The number of amides is 1. The van der Waals surface area contributed by atoms with Crippen LogP contribution in [-0.4, -0.2) is 57.5 Å². The van der Waals surface area contributed by atoms with Crippen molar-refractivity contribution >= 4 is 71.5 Å². The Kier molecular flexibility index (Phi) is 9.35. The van der Waals surface area contributed by atoms with E-state index in [9.17, 15) is 13.2 Å². The number of carbonyl (C=O) groups excluding carboxylic acids is 1. The molecule has 4 aromatic rings. The van der Waals surface area contributed by atoms with Gasteiger partial charge in [-0.05, 0) is 61.6 Å². The first kappa shape index (κ1) is 29.1. The summed E-state index contributed by atoms with van der Waals surface area (Å²) < 4.78 is 35.0. The number of fused-ring (bicyclic) bond motifs is 1. The summed E-state index contributed by atoms with van der Waals surface area (Å²) in [6.45, 7) is 6.67. The van der Waals surface area contributed by atoms with E-state index < -0.39 is 15.9 Å². The third kappa shape index (κ3) is 6.47. The lowest BCUT2D eigenvalue weighted by atomic mass is 10.1. The molecule has 0 saturated heterocycles. The number of anilines is 2. The van der Waals surface area contributed by atoms with E-state index >= 15 is 0 Å². The Bertz CT molecular complexity index is 1570. The number of nitrogens with zero attached hydrogens (tertiary/aromatic N) is 3. The molecule has 1 heterocycles. The van der Waals surface area contributed by atoms with Gasteiger partial charge in [0.05, 0.1) is 33.0 Å². The number of thiazole rings is 1. The number of hydrogen-bond donors (Lipinski definition) is 1. The second-order valence-electron chi connectivity index (χ2n) is 8.51. The Morgan fingerprint density at radius 2 is 1.69 bits per heavy atom. The molecule has 39 heavy (non-hydrogen) atoms. The summed E-state index contributed by atoms with van der Waals surface area (Å²) in [6, 6.07) is 15.8. The van der Waals surface area contributed by atoms with Gasteiger partial charge in [0.2, 0.25) is 0 Å². The highest BCUT2D eigenvalue weighted by atomic mass is 35.5. The first-order chi connectivity index (χ1) is 18.7. The second-order valence-corrected chi connectivity index (χ2v) is 12.0. The number of hydrogen-bond acceptors (Lipinski definition) is 7. The summed E-state index contributed by atoms with van der Waals surface area (Å²) in [5, 5.41) is 1.35. The average Bonchev–Trinajstić information content (AvgIpc) is 3.37. The molecule has 12 heteroatoms. The molecule has 0 atom stereocenters. The lowest BCUT2D eigenvalue weighted by Gasteiger charge is -2.25. The van der Waals surface area contributed by atoms with Gasteiger partial charge in [0.1, 0.15) is 11.3 Å². The van der Waals surface area contributed by atoms with E-state index in [1.807, 2.05) is 0 Å². The van der Waals surface area contributed by atoms with E-state index in [4.69, 9.17) is 32.9 Å². The van der Waals surface area contributed by atoms with Crippen LogP contribution in [0, 0.1) is 0 Å². The van der Waals surface area contributed by atoms with E-state index in [1.165, 1.54) is 35.6 Å². The molecule has 0 aliphatic carbocycles. The third-order valence-corrected chi connectivity index (χ3v) is 9.38. The summed E-state index contributed by atoms with van der Waals surface area (Å²) in [4.78, 5) is 22.6. The number of halogens is 2. The third-order valence-electron chi connectivity index (χ3n) is 6.20. The monoisotopic (exact) mass is 606 g/mol. The molecule has 1 aromatic heterocycles. The molecule has 206 valence electrons. The molecular formula is C27H28Cl2N4O4S2. The van der Waals surface area contributed by atoms with E-state index in [0.717, 1.165) is 13.1 Å². The number of nitrogens with one attached hydrogen (secondary N) is 1. The zero-order chi connectivity index (χ0) is 28.2. The number of aromatic nitrogens is 1. The standard InChI is InChI=1S/C27H28Cl2N4O4S2/c1-4-32(5-2)16-17-33(27-30-24-23(37-3)15-14-21(29)25(24)38-27)26(34)20-8-6-7-9-22(20)31-39(35,36)19-12-10-18(28)11-13-19/h6-15,31H,4-5,16-17H2,1-3H3. The van der Waals surface area contributed by atoms with Crippen molar-refractivity contribution in [1.29, 1.82) is 0 Å². The molecule has 8 nitrogen and oxygen atoms in total. The number of ether oxygens (including phenoxy) is 1. The minimum atomic E-state index is -3.98. The molecule has 0 radical (unpaired) electrons. The fourth-order valence-corrected chi connectivity index (χ4v) is 6.49. The summed E-state index contributed by atoms with van der Waals surface area (Å²) in [5.41, 5.74) is 0.899. The van der Waals surface area contributed by atoms with Gasteiger partial charge in [0.15, 0.2) is 5.13 Å². The van der Waals surface area contributed by atoms with Crippen LogP contribution >= 0.6 is 34.5 Å². The predicted octanol–water partition coefficient (Wildman–Crippen LogP) is 6.40. The van der Waals surface area contributed by atoms with E-state index in [2.05, 4.69) is 23.5 Å². The highest BCUT2D eigenvalue weighted by molar-refractivity contribution is 7.92. The highest BCUT2D eigenvalue weighted by Crippen LogP contribution is 2.39. The van der Waals surface area contributed by atoms with Gasteiger partial charge in [-0.25, -0.2) is 13.4 Å². The maximum Gasteiger partial charge on any atom is 0.262 e. The van der Waals surface area contributed by atoms with Gasteiger partial charge in [-0.1, -0.05) is 60.5 Å². The number of sulfonamides is 1. The molecule has 0 fully saturated rings. The van der Waals surface area contributed by atoms with Crippen LogP contribution in [0.4, 0.5) is 10.8 Å². The number of benzene rings is 3. The van der Waals surface area contributed by atoms with Gasteiger partial charge < -0.3 is 9.64 Å². The molecule has 1 N–H and O–H groups in total. The SMILES string of the molecule is CCN(CC)CCN(C(=O)c1ccccc1NS(=O)(=O)c1ccc(Cl)cc1)c1nc2c(OC)ccc(Cl)c2s1. The molecule has 0 spiro atoms. The van der Waals surface area contributed by atoms with Gasteiger partial charge in [0.25, 0.3) is 15.9 Å². The highest BCUT2D eigenvalue weighted by Gasteiger charge is 2.27. The molecule has 3 aromatic carbocycles. The minimum Gasteiger partial charge on any atom is -0.494 e. The summed E-state index contributed by atoms with van der Waals surface area (Å²) in [5.74, 6) is 0.148. The number of rotatable bonds is 11. The first-order valence-corrected chi connectivity index (χ1v) is 15.3. The number of likely N-dealkylation sites (N-methyl/N-ethyl adjacent to an activating group) is 1.